The summed E-state index contributed by atoms with van der Waals surface area (Å²) in [5, 5.41) is 2.05. The molecule has 0 radical (unpaired) electrons. The van der Waals surface area contributed by atoms with Crippen LogP contribution in [-0.4, -0.2) is 29.0 Å². The molecular formula is C29H32Cl3NO5. The van der Waals surface area contributed by atoms with E-state index in [-0.39, 0.29) is 11.5 Å². The first-order valence-electron chi connectivity index (χ1n) is 13.1. The van der Waals surface area contributed by atoms with E-state index in [1.807, 2.05) is 23.5 Å². The average Bonchev–Trinajstić information content (AvgIpc) is 3.22. The Morgan fingerprint density at radius 2 is 1.82 bits per heavy atom. The van der Waals surface area contributed by atoms with Crippen LogP contribution in [0.15, 0.2) is 42.5 Å². The van der Waals surface area contributed by atoms with Gasteiger partial charge in [-0.1, -0.05) is 72.1 Å². The van der Waals surface area contributed by atoms with Crippen LogP contribution in [0.3, 0.4) is 0 Å². The highest BCUT2D eigenvalue weighted by Crippen LogP contribution is 2.62. The second-order valence-corrected chi connectivity index (χ2v) is 13.1. The fourth-order valence-electron chi connectivity index (χ4n) is 7.05. The maximum Gasteiger partial charge on any atom is 0.414 e. The summed E-state index contributed by atoms with van der Waals surface area (Å²) in [5.41, 5.74) is 3.63. The molecule has 0 saturated heterocycles. The number of halogens is 3. The van der Waals surface area contributed by atoms with E-state index in [0.29, 0.717) is 24.4 Å². The third-order valence-corrected chi connectivity index (χ3v) is 9.40. The number of imide groups is 1. The van der Waals surface area contributed by atoms with Gasteiger partial charge in [-0.05, 0) is 85.1 Å². The van der Waals surface area contributed by atoms with Crippen molar-refractivity contribution in [3.8, 4) is 11.5 Å². The predicted molar refractivity (Wildman–Crippen MR) is 147 cm³/mol. The van der Waals surface area contributed by atoms with E-state index in [4.69, 9.17) is 49.0 Å². The SMILES string of the molecule is COc1cc2c(cc1OCc1ccccc1)CC[C@@H]1[C@@H]2CC[C@]2(C)[C@@H](OC(=O)NC(=O)C(Cl)(Cl)Cl)CC[C@@H]12. The molecule has 0 unspecified atom stereocenters. The lowest BCUT2D eigenvalue weighted by Crippen LogP contribution is -2.47. The number of hydrogen-bond donors (Lipinski definition) is 1. The minimum Gasteiger partial charge on any atom is -0.493 e. The zero-order valence-corrected chi connectivity index (χ0v) is 23.7. The molecule has 9 heteroatoms. The Hall–Kier alpha value is -2.15. The van der Waals surface area contributed by atoms with Gasteiger partial charge in [0, 0.05) is 5.41 Å². The first-order valence-corrected chi connectivity index (χ1v) is 14.2. The highest BCUT2D eigenvalue weighted by molar-refractivity contribution is 6.76. The van der Waals surface area contributed by atoms with Crippen LogP contribution < -0.4 is 14.8 Å². The molecule has 204 valence electrons. The maximum absolute atomic E-state index is 12.4. The van der Waals surface area contributed by atoms with Gasteiger partial charge in [0.1, 0.15) is 12.7 Å². The number of amides is 2. The molecule has 3 aliphatic rings. The van der Waals surface area contributed by atoms with Gasteiger partial charge in [0.05, 0.1) is 7.11 Å². The van der Waals surface area contributed by atoms with Gasteiger partial charge in [-0.25, -0.2) is 4.79 Å². The lowest BCUT2D eigenvalue weighted by atomic mass is 9.55. The number of carbonyl (C=O) groups excluding carboxylic acids is 2. The Bertz CT molecular complexity index is 1200. The lowest BCUT2D eigenvalue weighted by Gasteiger charge is -2.50. The van der Waals surface area contributed by atoms with Crippen LogP contribution in [0.1, 0.15) is 61.6 Å². The normalized spacial score (nSPS) is 27.9. The van der Waals surface area contributed by atoms with Gasteiger partial charge in [-0.3, -0.25) is 10.1 Å². The molecule has 2 aromatic rings. The quantitative estimate of drug-likeness (QED) is 0.381. The molecular weight excluding hydrogens is 549 g/mol. The minimum atomic E-state index is -2.22. The van der Waals surface area contributed by atoms with Crippen molar-refractivity contribution in [1.29, 1.82) is 0 Å². The zero-order valence-electron chi connectivity index (χ0n) is 21.5. The monoisotopic (exact) mass is 579 g/mol. The fraction of sp³-hybridized carbons (Fsp3) is 0.517. The van der Waals surface area contributed by atoms with Crippen LogP contribution >= 0.6 is 34.8 Å². The van der Waals surface area contributed by atoms with Crippen LogP contribution in [0.4, 0.5) is 4.79 Å². The van der Waals surface area contributed by atoms with E-state index in [9.17, 15) is 9.59 Å². The highest BCUT2D eigenvalue weighted by atomic mass is 35.6. The summed E-state index contributed by atoms with van der Waals surface area (Å²) in [6.45, 7) is 2.71. The summed E-state index contributed by atoms with van der Waals surface area (Å²) >= 11 is 16.7. The van der Waals surface area contributed by atoms with Crippen LogP contribution in [0, 0.1) is 17.3 Å². The first kappa shape index (κ1) is 27.4. The Kier molecular flexibility index (Phi) is 7.78. The molecule has 2 amide bonds. The molecule has 38 heavy (non-hydrogen) atoms. The van der Waals surface area contributed by atoms with Gasteiger partial charge >= 0.3 is 6.09 Å². The van der Waals surface area contributed by atoms with Crippen LogP contribution in [-0.2, 0) is 22.6 Å². The van der Waals surface area contributed by atoms with E-state index in [0.717, 1.165) is 55.6 Å². The summed E-state index contributed by atoms with van der Waals surface area (Å²) in [4.78, 5) is 24.3. The van der Waals surface area contributed by atoms with Crippen LogP contribution in [0.25, 0.3) is 0 Å². The maximum atomic E-state index is 12.4. The molecule has 0 bridgehead atoms. The topological polar surface area (TPSA) is 73.9 Å². The number of ether oxygens (including phenoxy) is 3. The third kappa shape index (κ3) is 5.32. The Morgan fingerprint density at radius 3 is 2.53 bits per heavy atom. The average molecular weight is 581 g/mol. The number of alkyl carbamates (subject to hydrolysis) is 1. The van der Waals surface area contributed by atoms with E-state index in [2.05, 4.69) is 31.2 Å². The molecule has 2 fully saturated rings. The number of methoxy groups -OCH3 is 1. The number of rotatable bonds is 5. The molecule has 3 aliphatic carbocycles. The lowest BCUT2D eigenvalue weighted by molar-refractivity contribution is -0.120. The van der Waals surface area contributed by atoms with Crippen molar-refractivity contribution < 1.29 is 23.8 Å². The van der Waals surface area contributed by atoms with Crippen molar-refractivity contribution in [3.63, 3.8) is 0 Å². The summed E-state index contributed by atoms with van der Waals surface area (Å²) < 4.78 is 15.4. The number of carbonyl (C=O) groups is 2. The smallest absolute Gasteiger partial charge is 0.414 e. The van der Waals surface area contributed by atoms with E-state index < -0.39 is 15.8 Å². The summed E-state index contributed by atoms with van der Waals surface area (Å²) in [6.07, 6.45) is 4.53. The third-order valence-electron chi connectivity index (χ3n) is 8.88. The second-order valence-electron chi connectivity index (χ2n) is 10.9. The van der Waals surface area contributed by atoms with Crippen LogP contribution in [0.2, 0.25) is 0 Å². The first-order chi connectivity index (χ1) is 18.1. The van der Waals surface area contributed by atoms with Crippen molar-refractivity contribution in [3.05, 3.63) is 59.2 Å². The molecule has 2 saturated carbocycles. The molecule has 5 rings (SSSR count). The molecule has 2 aromatic carbocycles. The number of hydrogen-bond acceptors (Lipinski definition) is 5. The fourth-order valence-corrected chi connectivity index (χ4v) is 7.19. The van der Waals surface area contributed by atoms with E-state index in [1.165, 1.54) is 11.1 Å². The summed E-state index contributed by atoms with van der Waals surface area (Å²) in [5.74, 6) is 1.85. The van der Waals surface area contributed by atoms with Gasteiger partial charge in [0.25, 0.3) is 9.70 Å². The molecule has 0 spiro atoms. The highest BCUT2D eigenvalue weighted by Gasteiger charge is 2.56. The molecule has 6 nitrogen and oxygen atoms in total. The number of fused-ring (bicyclic) bond motifs is 5. The van der Waals surface area contributed by atoms with Gasteiger partial charge in [0.15, 0.2) is 11.5 Å². The molecule has 5 atom stereocenters. The van der Waals surface area contributed by atoms with Crippen molar-refractivity contribution in [1.82, 2.24) is 5.32 Å². The van der Waals surface area contributed by atoms with Crippen molar-refractivity contribution in [2.75, 3.05) is 7.11 Å². The number of aryl methyl sites for hydroxylation is 1. The minimum absolute atomic E-state index is 0.165. The second kappa shape index (κ2) is 10.8. The van der Waals surface area contributed by atoms with E-state index >= 15 is 0 Å². The van der Waals surface area contributed by atoms with Gasteiger partial charge < -0.3 is 14.2 Å². The molecule has 0 aromatic heterocycles. The summed E-state index contributed by atoms with van der Waals surface area (Å²) in [7, 11) is 1.69. The van der Waals surface area contributed by atoms with Crippen LogP contribution in [0.5, 0.6) is 11.5 Å². The number of alkyl halides is 3. The molecule has 1 N–H and O–H groups in total. The Morgan fingerprint density at radius 1 is 1.05 bits per heavy atom. The number of benzene rings is 2. The summed E-state index contributed by atoms with van der Waals surface area (Å²) in [6, 6.07) is 14.4. The molecule has 0 heterocycles. The van der Waals surface area contributed by atoms with Gasteiger partial charge in [-0.15, -0.1) is 0 Å². The van der Waals surface area contributed by atoms with Crippen molar-refractivity contribution in [2.24, 2.45) is 17.3 Å². The number of nitrogens with one attached hydrogen (secondary N) is 1. The van der Waals surface area contributed by atoms with Crippen molar-refractivity contribution >= 4 is 46.8 Å². The Labute approximate surface area is 238 Å². The predicted octanol–water partition coefficient (Wildman–Crippen LogP) is 7.12. The van der Waals surface area contributed by atoms with Crippen molar-refractivity contribution in [2.45, 2.75) is 67.9 Å². The largest absolute Gasteiger partial charge is 0.493 e. The van der Waals surface area contributed by atoms with Gasteiger partial charge in [-0.2, -0.15) is 0 Å². The Balaban J connectivity index is 1.30. The van der Waals surface area contributed by atoms with Gasteiger partial charge in [0.2, 0.25) is 0 Å². The molecule has 0 aliphatic heterocycles. The van der Waals surface area contributed by atoms with E-state index in [1.54, 1.807) is 7.11 Å². The zero-order chi connectivity index (χ0) is 27.1. The standard InChI is InChI=1S/C29H32Cl3NO5/c1-28-13-12-19-20(22(28)10-11-25(28)38-27(35)33-26(34)29(30,31)32)9-8-18-14-24(23(36-2)15-21(18)19)37-16-17-6-4-3-5-7-17/h3-7,14-15,19-20,22,25H,8-13,16H2,1-2H3,(H,33,34,35)/t19-,20+,22-,25-,28-/m0/s1.